The number of pyridine rings is 1. The van der Waals surface area contributed by atoms with Crippen LogP contribution in [-0.2, 0) is 24.2 Å². The van der Waals surface area contributed by atoms with Gasteiger partial charge in [0.15, 0.2) is 16.9 Å². The second kappa shape index (κ2) is 13.2. The van der Waals surface area contributed by atoms with E-state index in [1.807, 2.05) is 61.5 Å². The van der Waals surface area contributed by atoms with Gasteiger partial charge in [0.25, 0.3) is 0 Å². The third-order valence-electron chi connectivity index (χ3n) is 8.13. The second-order valence-corrected chi connectivity index (χ2v) is 11.1. The van der Waals surface area contributed by atoms with Gasteiger partial charge in [-0.15, -0.1) is 0 Å². The van der Waals surface area contributed by atoms with E-state index >= 15 is 0 Å². The maximum Gasteiger partial charge on any atom is 0.221 e. The van der Waals surface area contributed by atoms with E-state index in [0.29, 0.717) is 27.6 Å². The largest absolute Gasteiger partial charge is 0.496 e. The molecule has 8 heteroatoms. The third kappa shape index (κ3) is 6.12. The fourth-order valence-electron chi connectivity index (χ4n) is 6.01. The Morgan fingerprint density at radius 3 is 2.36 bits per heavy atom. The molecule has 0 aliphatic rings. The fourth-order valence-corrected chi connectivity index (χ4v) is 6.01. The maximum atomic E-state index is 14.0. The van der Waals surface area contributed by atoms with E-state index in [1.54, 1.807) is 21.3 Å². The Morgan fingerprint density at radius 1 is 0.864 bits per heavy atom. The predicted octanol–water partition coefficient (Wildman–Crippen LogP) is 5.77. The summed E-state index contributed by atoms with van der Waals surface area (Å²) in [6.45, 7) is 3.61. The molecule has 1 heterocycles. The van der Waals surface area contributed by atoms with Gasteiger partial charge in [-0.1, -0.05) is 48.5 Å². The Balaban J connectivity index is 1.46. The highest BCUT2D eigenvalue weighted by atomic mass is 16.5. The summed E-state index contributed by atoms with van der Waals surface area (Å²) in [6.07, 6.45) is 1.73. The molecule has 0 aliphatic heterocycles. The number of carbonyl (C=O) groups excluding carboxylic acids is 1. The van der Waals surface area contributed by atoms with Crippen LogP contribution in [0.25, 0.3) is 32.9 Å². The molecule has 5 rings (SSSR count). The number of methoxy groups -OCH3 is 3. The summed E-state index contributed by atoms with van der Waals surface area (Å²) in [5, 5.41) is 1.12. The van der Waals surface area contributed by atoms with Gasteiger partial charge in [-0.3, -0.25) is 9.59 Å². The van der Waals surface area contributed by atoms with Crippen molar-refractivity contribution < 1.29 is 19.0 Å². The highest BCUT2D eigenvalue weighted by molar-refractivity contribution is 6.04. The van der Waals surface area contributed by atoms with Crippen LogP contribution in [0.4, 0.5) is 0 Å². The molecule has 1 amide bonds. The van der Waals surface area contributed by atoms with Gasteiger partial charge in [0.05, 0.1) is 44.2 Å². The third-order valence-corrected chi connectivity index (χ3v) is 8.13. The van der Waals surface area contributed by atoms with Crippen molar-refractivity contribution in [1.29, 1.82) is 0 Å². The zero-order valence-corrected chi connectivity index (χ0v) is 26.0. The van der Waals surface area contributed by atoms with Crippen molar-refractivity contribution >= 4 is 27.7 Å². The van der Waals surface area contributed by atoms with E-state index < -0.39 is 5.91 Å². The van der Waals surface area contributed by atoms with Crippen LogP contribution in [0.2, 0.25) is 0 Å². The van der Waals surface area contributed by atoms with Gasteiger partial charge in [0.2, 0.25) is 5.91 Å². The maximum absolute atomic E-state index is 14.0. The van der Waals surface area contributed by atoms with Crippen molar-refractivity contribution in [3.63, 3.8) is 0 Å². The fraction of sp³-hybridized carbons (Fsp3) is 0.278. The summed E-state index contributed by atoms with van der Waals surface area (Å²) in [7, 11) is 7.04. The van der Waals surface area contributed by atoms with E-state index in [-0.39, 0.29) is 11.8 Å². The number of benzene rings is 4. The van der Waals surface area contributed by atoms with Crippen LogP contribution in [0.5, 0.6) is 17.2 Å². The molecule has 0 radical (unpaired) electrons. The Hall–Kier alpha value is -4.82. The van der Waals surface area contributed by atoms with Gasteiger partial charge in [0.1, 0.15) is 5.75 Å². The molecule has 44 heavy (non-hydrogen) atoms. The van der Waals surface area contributed by atoms with Crippen LogP contribution in [0.1, 0.15) is 28.7 Å². The lowest BCUT2D eigenvalue weighted by molar-refractivity contribution is -0.117. The van der Waals surface area contributed by atoms with Crippen LogP contribution in [0, 0.1) is 6.92 Å². The molecule has 3 N–H and O–H groups in total. The number of carbonyl (C=O) groups is 1. The molecule has 0 fully saturated rings. The lowest BCUT2D eigenvalue weighted by atomic mass is 9.92. The van der Waals surface area contributed by atoms with Crippen molar-refractivity contribution in [3.05, 3.63) is 99.2 Å². The van der Waals surface area contributed by atoms with Gasteiger partial charge in [-0.2, -0.15) is 0 Å². The smallest absolute Gasteiger partial charge is 0.221 e. The van der Waals surface area contributed by atoms with Crippen LogP contribution >= 0.6 is 0 Å². The minimum Gasteiger partial charge on any atom is -0.496 e. The lowest BCUT2D eigenvalue weighted by Gasteiger charge is -2.19. The number of amides is 1. The Bertz CT molecular complexity index is 1900. The van der Waals surface area contributed by atoms with Gasteiger partial charge >= 0.3 is 0 Å². The molecule has 8 nitrogen and oxygen atoms in total. The molecular weight excluding hydrogens is 554 g/mol. The predicted molar refractivity (Wildman–Crippen MR) is 176 cm³/mol. The number of aromatic amines is 1. The first-order valence-electron chi connectivity index (χ1n) is 14.7. The molecule has 0 unspecified atom stereocenters. The van der Waals surface area contributed by atoms with E-state index in [9.17, 15) is 9.59 Å². The minimum absolute atomic E-state index is 0.0259. The number of H-pyrrole nitrogens is 1. The number of nitrogens with two attached hydrogens (primary N) is 1. The SMILES string of the molecule is COc1ccc(CN(C)CCCc2cccc(-c3ccc(CC(N)=O)c4[nH]c5c(C)cccc5c(=O)c34)c2OC)cc1OC. The zero-order valence-electron chi connectivity index (χ0n) is 26.0. The van der Waals surface area contributed by atoms with Gasteiger partial charge < -0.3 is 29.8 Å². The summed E-state index contributed by atoms with van der Waals surface area (Å²) in [5.41, 5.74) is 12.3. The van der Waals surface area contributed by atoms with Crippen LogP contribution < -0.4 is 25.4 Å². The Morgan fingerprint density at radius 2 is 1.64 bits per heavy atom. The van der Waals surface area contributed by atoms with E-state index in [2.05, 4.69) is 29.1 Å². The first-order chi connectivity index (χ1) is 21.2. The number of rotatable bonds is 12. The molecule has 0 spiro atoms. The molecule has 0 aliphatic carbocycles. The summed E-state index contributed by atoms with van der Waals surface area (Å²) in [5.74, 6) is 1.71. The number of para-hydroxylation sites is 2. The number of primary amides is 1. The van der Waals surface area contributed by atoms with Gasteiger partial charge in [0, 0.05) is 17.5 Å². The minimum atomic E-state index is -0.458. The summed E-state index contributed by atoms with van der Waals surface area (Å²) >= 11 is 0. The number of nitrogens with zero attached hydrogens (tertiary/aromatic N) is 1. The van der Waals surface area contributed by atoms with Gasteiger partial charge in [-0.25, -0.2) is 0 Å². The Kier molecular flexibility index (Phi) is 9.20. The van der Waals surface area contributed by atoms with Crippen molar-refractivity contribution in [2.75, 3.05) is 34.9 Å². The van der Waals surface area contributed by atoms with Crippen LogP contribution in [0.15, 0.2) is 71.5 Å². The molecule has 228 valence electrons. The molecule has 1 aromatic heterocycles. The summed E-state index contributed by atoms with van der Waals surface area (Å²) in [4.78, 5) is 31.7. The number of ether oxygens (including phenoxy) is 3. The van der Waals surface area contributed by atoms with E-state index in [1.165, 1.54) is 0 Å². The first kappa shape index (κ1) is 30.6. The van der Waals surface area contributed by atoms with Crippen molar-refractivity contribution in [2.24, 2.45) is 5.73 Å². The molecule has 4 aromatic carbocycles. The van der Waals surface area contributed by atoms with E-state index in [4.69, 9.17) is 19.9 Å². The monoisotopic (exact) mass is 593 g/mol. The van der Waals surface area contributed by atoms with Crippen LogP contribution in [0.3, 0.4) is 0 Å². The number of fused-ring (bicyclic) bond motifs is 2. The molecule has 0 bridgehead atoms. The van der Waals surface area contributed by atoms with Crippen molar-refractivity contribution in [2.45, 2.75) is 32.7 Å². The number of aryl methyl sites for hydroxylation is 2. The number of aromatic nitrogens is 1. The van der Waals surface area contributed by atoms with Crippen molar-refractivity contribution in [3.8, 4) is 28.4 Å². The molecule has 0 saturated carbocycles. The highest BCUT2D eigenvalue weighted by Crippen LogP contribution is 2.38. The van der Waals surface area contributed by atoms with Crippen molar-refractivity contribution in [1.82, 2.24) is 9.88 Å². The quantitative estimate of drug-likeness (QED) is 0.178. The average Bonchev–Trinajstić information content (AvgIpc) is 3.01. The molecular formula is C36H39N3O5. The zero-order chi connectivity index (χ0) is 31.4. The average molecular weight is 594 g/mol. The lowest BCUT2D eigenvalue weighted by Crippen LogP contribution is -2.19. The molecule has 5 aromatic rings. The normalized spacial score (nSPS) is 11.3. The highest BCUT2D eigenvalue weighted by Gasteiger charge is 2.20. The standard InChI is InChI=1S/C36H39N3O5/c1-22-9-6-13-28-33(22)38-34-25(20-31(37)40)15-16-26(32(34)35(28)41)27-12-7-10-24(36(27)44-5)11-8-18-39(2)21-23-14-17-29(42-3)30(19-23)43-4/h6-7,9-10,12-17,19H,8,11,18,20-21H2,1-5H3,(H2,37,40)(H,38,41). The summed E-state index contributed by atoms with van der Waals surface area (Å²) in [6, 6.07) is 21.5. The second-order valence-electron chi connectivity index (χ2n) is 11.1. The first-order valence-corrected chi connectivity index (χ1v) is 14.7. The number of nitrogens with one attached hydrogen (secondary N) is 1. The van der Waals surface area contributed by atoms with Gasteiger partial charge in [-0.05, 0) is 79.4 Å². The number of hydrogen-bond donors (Lipinski definition) is 2. The topological polar surface area (TPSA) is 107 Å². The van der Waals surface area contributed by atoms with E-state index in [0.717, 1.165) is 70.8 Å². The molecule has 0 saturated heterocycles. The summed E-state index contributed by atoms with van der Waals surface area (Å²) < 4.78 is 16.8. The Labute approximate surface area is 257 Å². The number of hydrogen-bond acceptors (Lipinski definition) is 6. The van der Waals surface area contributed by atoms with Crippen LogP contribution in [-0.4, -0.2) is 50.7 Å². The molecule has 0 atom stereocenters.